The van der Waals surface area contributed by atoms with Gasteiger partial charge in [0, 0.05) is 23.4 Å². The molecule has 0 spiro atoms. The number of hydrogen-bond acceptors (Lipinski definition) is 10. The van der Waals surface area contributed by atoms with E-state index in [9.17, 15) is 36.0 Å². The monoisotopic (exact) mass is 800 g/mol. The predicted molar refractivity (Wildman–Crippen MR) is 185 cm³/mol. The Balaban J connectivity index is 1.45. The van der Waals surface area contributed by atoms with Crippen LogP contribution in [0.2, 0.25) is 0 Å². The minimum Gasteiger partial charge on any atom is -0.444 e. The fourth-order valence-electron chi connectivity index (χ4n) is 6.22. The first-order chi connectivity index (χ1) is 23.3. The number of hydrogen-bond donors (Lipinski definition) is 3. The molecule has 0 aromatic heterocycles. The molecule has 2 aliphatic carbocycles. The van der Waals surface area contributed by atoms with Crippen LogP contribution in [-0.4, -0.2) is 86.2 Å². The predicted octanol–water partition coefficient (Wildman–Crippen LogP) is 3.41. The van der Waals surface area contributed by atoms with Gasteiger partial charge in [0.05, 0.1) is 15.7 Å². The van der Waals surface area contributed by atoms with Crippen molar-refractivity contribution in [3.05, 3.63) is 40.9 Å². The number of halogens is 1. The van der Waals surface area contributed by atoms with Crippen molar-refractivity contribution in [2.75, 3.05) is 6.54 Å². The Kier molecular flexibility index (Phi) is 10.8. The number of allylic oxidation sites excluding steroid dienone is 1. The van der Waals surface area contributed by atoms with Crippen LogP contribution in [0.15, 0.2) is 45.8 Å². The number of rotatable bonds is 7. The number of amides is 4. The zero-order valence-electron chi connectivity index (χ0n) is 28.6. The van der Waals surface area contributed by atoms with Gasteiger partial charge in [0.25, 0.3) is 16.0 Å². The first-order valence-electron chi connectivity index (χ1n) is 16.8. The van der Waals surface area contributed by atoms with E-state index in [0.717, 1.165) is 6.42 Å². The lowest BCUT2D eigenvalue weighted by atomic mass is 10.0. The molecule has 4 aliphatic rings. The molecule has 2 heterocycles. The normalized spacial score (nSPS) is 29.3. The Hall–Kier alpha value is -3.02. The highest BCUT2D eigenvalue weighted by Gasteiger charge is 2.63. The number of nitrogens with one attached hydrogen (secondary N) is 3. The highest BCUT2D eigenvalue weighted by Crippen LogP contribution is 2.47. The topological polar surface area (TPSA) is 194 Å². The van der Waals surface area contributed by atoms with Crippen LogP contribution in [0.1, 0.15) is 85.5 Å². The third-order valence-corrected chi connectivity index (χ3v) is 13.6. The van der Waals surface area contributed by atoms with Crippen LogP contribution in [0.5, 0.6) is 0 Å². The zero-order valence-corrected chi connectivity index (χ0v) is 31.8. The largest absolute Gasteiger partial charge is 0.444 e. The van der Waals surface area contributed by atoms with E-state index in [1.54, 1.807) is 33.8 Å². The van der Waals surface area contributed by atoms with E-state index in [1.165, 1.54) is 29.2 Å². The lowest BCUT2D eigenvalue weighted by Crippen LogP contribution is -2.58. The molecular weight excluding hydrogens is 756 g/mol. The summed E-state index contributed by atoms with van der Waals surface area (Å²) >= 11 is 3.27. The average Bonchev–Trinajstić information content (AvgIpc) is 3.89. The second-order valence-electron chi connectivity index (χ2n) is 14.8. The van der Waals surface area contributed by atoms with Crippen molar-refractivity contribution in [2.45, 2.75) is 124 Å². The van der Waals surface area contributed by atoms with Crippen molar-refractivity contribution in [3.63, 3.8) is 0 Å². The smallest absolute Gasteiger partial charge is 0.408 e. The summed E-state index contributed by atoms with van der Waals surface area (Å²) in [5, 5.41) is 5.38. The van der Waals surface area contributed by atoms with Gasteiger partial charge in [0.2, 0.25) is 21.8 Å². The van der Waals surface area contributed by atoms with Crippen LogP contribution in [-0.2, 0) is 43.4 Å². The maximum absolute atomic E-state index is 14.2. The third kappa shape index (κ3) is 8.70. The quantitative estimate of drug-likeness (QED) is 0.272. The van der Waals surface area contributed by atoms with Gasteiger partial charge in [0.15, 0.2) is 0 Å². The first-order valence-corrected chi connectivity index (χ1v) is 20.5. The second kappa shape index (κ2) is 14.2. The molecule has 3 N–H and O–H groups in total. The van der Waals surface area contributed by atoms with Crippen molar-refractivity contribution >= 4 is 59.9 Å². The summed E-state index contributed by atoms with van der Waals surface area (Å²) in [5.74, 6) is -2.80. The van der Waals surface area contributed by atoms with Gasteiger partial charge in [-0.05, 0) is 90.5 Å². The van der Waals surface area contributed by atoms with Crippen LogP contribution in [0, 0.1) is 5.92 Å². The number of carbonyl (C=O) groups excluding carboxylic acids is 4. The van der Waals surface area contributed by atoms with Crippen molar-refractivity contribution in [1.82, 2.24) is 20.3 Å². The van der Waals surface area contributed by atoms with Crippen LogP contribution in [0.25, 0.3) is 0 Å². The number of benzene rings is 1. The van der Waals surface area contributed by atoms with E-state index in [0.29, 0.717) is 36.6 Å². The van der Waals surface area contributed by atoms with Gasteiger partial charge in [-0.3, -0.25) is 23.3 Å². The lowest BCUT2D eigenvalue weighted by Gasteiger charge is -2.30. The number of nitrogens with zero attached hydrogens (tertiary/aromatic N) is 1. The lowest BCUT2D eigenvalue weighted by molar-refractivity contribution is -0.141. The van der Waals surface area contributed by atoms with E-state index in [2.05, 4.69) is 31.3 Å². The maximum atomic E-state index is 14.2. The average molecular weight is 802 g/mol. The molecule has 2 saturated carbocycles. The van der Waals surface area contributed by atoms with Crippen molar-refractivity contribution in [3.8, 4) is 0 Å². The molecular formula is C33H45BrN4O10S2. The van der Waals surface area contributed by atoms with E-state index in [-0.39, 0.29) is 30.7 Å². The summed E-state index contributed by atoms with van der Waals surface area (Å²) in [5.41, 5.74) is -2.45. The van der Waals surface area contributed by atoms with Gasteiger partial charge < -0.3 is 20.3 Å². The number of alkyl carbamates (subject to hydrolysis) is 1. The Morgan fingerprint density at radius 1 is 1.04 bits per heavy atom. The van der Waals surface area contributed by atoms with Crippen LogP contribution >= 0.6 is 15.9 Å². The van der Waals surface area contributed by atoms with Gasteiger partial charge in [-0.25, -0.2) is 13.2 Å². The molecule has 1 aromatic carbocycles. The van der Waals surface area contributed by atoms with Crippen LogP contribution in [0.3, 0.4) is 0 Å². The van der Waals surface area contributed by atoms with Gasteiger partial charge in [-0.1, -0.05) is 40.9 Å². The Labute approximate surface area is 301 Å². The Bertz CT molecular complexity index is 1760. The molecule has 1 unspecified atom stereocenters. The molecule has 276 valence electrons. The summed E-state index contributed by atoms with van der Waals surface area (Å²) in [6.45, 7) is 6.28. The molecule has 1 saturated heterocycles. The van der Waals surface area contributed by atoms with Gasteiger partial charge in [-0.2, -0.15) is 8.42 Å². The van der Waals surface area contributed by atoms with E-state index in [1.807, 2.05) is 6.08 Å². The second-order valence-corrected chi connectivity index (χ2v) is 19.5. The molecule has 17 heteroatoms. The Morgan fingerprint density at radius 2 is 1.72 bits per heavy atom. The van der Waals surface area contributed by atoms with Crippen LogP contribution < -0.4 is 15.4 Å². The molecule has 14 nitrogen and oxygen atoms in total. The van der Waals surface area contributed by atoms with Gasteiger partial charge in [-0.15, -0.1) is 0 Å². The summed E-state index contributed by atoms with van der Waals surface area (Å²) < 4.78 is 65.3. The number of carbonyl (C=O) groups is 4. The van der Waals surface area contributed by atoms with Crippen molar-refractivity contribution in [2.24, 2.45) is 5.92 Å². The molecule has 1 aromatic rings. The summed E-state index contributed by atoms with van der Waals surface area (Å²) in [4.78, 5) is 56.0. The van der Waals surface area contributed by atoms with Gasteiger partial charge in [0.1, 0.15) is 23.2 Å². The summed E-state index contributed by atoms with van der Waals surface area (Å²) in [6, 6.07) is 3.35. The van der Waals surface area contributed by atoms with Gasteiger partial charge >= 0.3 is 6.09 Å². The van der Waals surface area contributed by atoms with Crippen molar-refractivity contribution < 1.29 is 44.9 Å². The molecule has 4 amide bonds. The zero-order chi connectivity index (χ0) is 36.7. The molecule has 5 atom stereocenters. The van der Waals surface area contributed by atoms with E-state index >= 15 is 0 Å². The maximum Gasteiger partial charge on any atom is 0.408 e. The summed E-state index contributed by atoms with van der Waals surface area (Å²) in [6.07, 6.45) is 5.27. The minimum absolute atomic E-state index is 0.126. The van der Waals surface area contributed by atoms with Crippen molar-refractivity contribution in [1.29, 1.82) is 0 Å². The fraction of sp³-hybridized carbons (Fsp3) is 0.636. The Morgan fingerprint density at radius 3 is 2.36 bits per heavy atom. The number of sulfonamides is 1. The molecule has 0 bridgehead atoms. The number of ether oxygens (including phenoxy) is 1. The molecule has 0 radical (unpaired) electrons. The fourth-order valence-corrected chi connectivity index (χ4v) is 8.87. The molecule has 2 aliphatic heterocycles. The molecule has 3 fully saturated rings. The SMILES string of the molecule is CC(C)(C)OC(=O)N[C@H]1CCCCC/C=C\C2C[C@@]2(C(=O)NS(=O)(=O)C2(C)CC2)NC(=O)[C@@H]2C[C@H](OS(=O)(=O)c3ccc(Br)cc3)CN2C1=O. The first kappa shape index (κ1) is 38.2. The minimum atomic E-state index is -4.33. The van der Waals surface area contributed by atoms with Crippen LogP contribution in [0.4, 0.5) is 4.79 Å². The highest BCUT2D eigenvalue weighted by atomic mass is 79.9. The highest BCUT2D eigenvalue weighted by molar-refractivity contribution is 9.10. The third-order valence-electron chi connectivity index (χ3n) is 9.53. The van der Waals surface area contributed by atoms with E-state index in [4.69, 9.17) is 8.92 Å². The molecule has 5 rings (SSSR count). The molecule has 50 heavy (non-hydrogen) atoms. The standard InChI is InChI=1S/C33H45BrN4O10S2/c1-31(2,3)47-30(42)35-25-11-9-7-5-6-8-10-21-19-33(21,29(41)37-50(45,46)32(4)16-17-32)36-27(39)26-18-23(20-38(26)28(25)40)48-49(43,44)24-14-12-22(34)13-15-24/h8,10,12-15,21,23,25-26H,5-7,9,11,16-20H2,1-4H3,(H,35,42)(H,36,39)(H,37,41)/b10-8-/t21?,23-,25-,26-,33+/m0/s1. The summed E-state index contributed by atoms with van der Waals surface area (Å²) in [7, 11) is -8.35. The van der Waals surface area contributed by atoms with E-state index < -0.39 is 83.9 Å². The number of fused-ring (bicyclic) bond motifs is 2.